The van der Waals surface area contributed by atoms with Crippen LogP contribution < -0.4 is 0 Å². The molecular weight excluding hydrogens is 249 g/mol. The van der Waals surface area contributed by atoms with Crippen LogP contribution in [0.1, 0.15) is 0 Å². The Morgan fingerprint density at radius 3 is 2.73 bits per heavy atom. The quantitative estimate of drug-likeness (QED) is 0.782. The lowest BCUT2D eigenvalue weighted by Crippen LogP contribution is -1.99. The first-order chi connectivity index (χ1) is 6.96. The molecule has 0 unspecified atom stereocenters. The molecule has 1 heterocycles. The van der Waals surface area contributed by atoms with Crippen LogP contribution in [0.25, 0.3) is 11.0 Å². The summed E-state index contributed by atoms with van der Waals surface area (Å²) in [5, 5.41) is 0.0640. The fraction of sp³-hybridized carbons (Fsp3) is 0.125. The number of hydrogen-bond donors (Lipinski definition) is 1. The monoisotopic (exact) mass is 252 g/mol. The fourth-order valence-electron chi connectivity index (χ4n) is 1.14. The zero-order chi connectivity index (χ0) is 11.1. The van der Waals surface area contributed by atoms with Crippen LogP contribution in [0.3, 0.4) is 0 Å². The van der Waals surface area contributed by atoms with Crippen LogP contribution in [-0.4, -0.2) is 15.5 Å². The summed E-state index contributed by atoms with van der Waals surface area (Å²) in [7, 11) is 0. The Kier molecular flexibility index (Phi) is 2.56. The highest BCUT2D eigenvalue weighted by atomic mass is 35.5. The molecule has 0 amide bonds. The van der Waals surface area contributed by atoms with Crippen LogP contribution in [0.5, 0.6) is 0 Å². The summed E-state index contributed by atoms with van der Waals surface area (Å²) in [6, 6.07) is 2.74. The van der Waals surface area contributed by atoms with Gasteiger partial charge in [0.1, 0.15) is 0 Å². The molecule has 0 aliphatic carbocycles. The number of hydrogen-bond acceptors (Lipinski definition) is 2. The van der Waals surface area contributed by atoms with Gasteiger partial charge in [-0.05, 0) is 23.9 Å². The maximum Gasteiger partial charge on any atom is 0.446 e. The lowest BCUT2D eigenvalue weighted by Gasteiger charge is -2.06. The van der Waals surface area contributed by atoms with E-state index in [2.05, 4.69) is 9.97 Å². The van der Waals surface area contributed by atoms with Gasteiger partial charge in [-0.25, -0.2) is 4.98 Å². The van der Waals surface area contributed by atoms with Crippen LogP contribution in [0, 0.1) is 0 Å². The van der Waals surface area contributed by atoms with Crippen molar-refractivity contribution in [2.75, 3.05) is 0 Å². The minimum Gasteiger partial charge on any atom is -0.345 e. The minimum absolute atomic E-state index is 0.0382. The fourth-order valence-corrected chi connectivity index (χ4v) is 2.00. The molecule has 1 aromatic carbocycles. The highest BCUT2D eigenvalue weighted by Crippen LogP contribution is 2.41. The van der Waals surface area contributed by atoms with Crippen molar-refractivity contribution in [3.63, 3.8) is 0 Å². The molecule has 15 heavy (non-hydrogen) atoms. The molecule has 0 radical (unpaired) electrons. The number of thioether (sulfide) groups is 1. The van der Waals surface area contributed by atoms with Crippen LogP contribution in [0.4, 0.5) is 13.2 Å². The second kappa shape index (κ2) is 3.61. The number of rotatable bonds is 1. The number of fused-ring (bicyclic) bond motifs is 1. The Morgan fingerprint density at radius 2 is 2.07 bits per heavy atom. The average molecular weight is 253 g/mol. The molecule has 0 atom stereocenters. The Hall–Kier alpha value is -0.880. The normalized spacial score (nSPS) is 12.3. The largest absolute Gasteiger partial charge is 0.446 e. The van der Waals surface area contributed by atoms with Gasteiger partial charge >= 0.3 is 5.51 Å². The van der Waals surface area contributed by atoms with Gasteiger partial charge in [-0.3, -0.25) is 0 Å². The van der Waals surface area contributed by atoms with Gasteiger partial charge in [0, 0.05) is 4.90 Å². The van der Waals surface area contributed by atoms with Gasteiger partial charge in [-0.2, -0.15) is 13.2 Å². The molecule has 2 rings (SSSR count). The van der Waals surface area contributed by atoms with E-state index >= 15 is 0 Å². The SMILES string of the molecule is FC(F)(F)Sc1cc2nc[nH]c2cc1Cl. The summed E-state index contributed by atoms with van der Waals surface area (Å²) in [5.41, 5.74) is -3.26. The molecule has 0 aliphatic heterocycles. The number of nitrogens with zero attached hydrogens (tertiary/aromatic N) is 1. The smallest absolute Gasteiger partial charge is 0.345 e. The minimum atomic E-state index is -4.34. The maximum absolute atomic E-state index is 12.1. The number of aromatic nitrogens is 2. The second-order valence-electron chi connectivity index (χ2n) is 2.75. The summed E-state index contributed by atoms with van der Waals surface area (Å²) in [5.74, 6) is 0. The highest BCUT2D eigenvalue weighted by molar-refractivity contribution is 8.00. The number of aromatic amines is 1. The molecular formula is C8H4ClF3N2S. The maximum atomic E-state index is 12.1. The predicted molar refractivity (Wildman–Crippen MR) is 53.0 cm³/mol. The third kappa shape index (κ3) is 2.38. The van der Waals surface area contributed by atoms with Gasteiger partial charge in [0.15, 0.2) is 0 Å². The lowest BCUT2D eigenvalue weighted by molar-refractivity contribution is -0.0328. The van der Waals surface area contributed by atoms with Crippen molar-refractivity contribution in [2.24, 2.45) is 0 Å². The highest BCUT2D eigenvalue weighted by Gasteiger charge is 2.30. The summed E-state index contributed by atoms with van der Waals surface area (Å²) >= 11 is 5.46. The molecule has 2 nitrogen and oxygen atoms in total. The average Bonchev–Trinajstić information content (AvgIpc) is 2.49. The Bertz CT molecular complexity index is 494. The van der Waals surface area contributed by atoms with Crippen molar-refractivity contribution in [3.05, 3.63) is 23.5 Å². The summed E-state index contributed by atoms with van der Waals surface area (Å²) in [6.45, 7) is 0. The zero-order valence-electron chi connectivity index (χ0n) is 7.10. The number of benzene rings is 1. The lowest BCUT2D eigenvalue weighted by atomic mass is 10.3. The molecule has 0 saturated heterocycles. The first-order valence-corrected chi connectivity index (χ1v) is 5.03. The van der Waals surface area contributed by atoms with Crippen molar-refractivity contribution < 1.29 is 13.2 Å². The van der Waals surface area contributed by atoms with Gasteiger partial charge < -0.3 is 4.98 Å². The van der Waals surface area contributed by atoms with Crippen molar-refractivity contribution in [1.82, 2.24) is 9.97 Å². The number of nitrogens with one attached hydrogen (secondary N) is 1. The van der Waals surface area contributed by atoms with Crippen molar-refractivity contribution in [2.45, 2.75) is 10.4 Å². The number of H-pyrrole nitrogens is 1. The Balaban J connectivity index is 2.46. The third-order valence-electron chi connectivity index (χ3n) is 1.70. The van der Waals surface area contributed by atoms with Gasteiger partial charge in [-0.15, -0.1) is 0 Å². The first-order valence-electron chi connectivity index (χ1n) is 3.84. The van der Waals surface area contributed by atoms with E-state index in [1.165, 1.54) is 18.5 Å². The number of alkyl halides is 3. The van der Waals surface area contributed by atoms with Crippen LogP contribution >= 0.6 is 23.4 Å². The zero-order valence-corrected chi connectivity index (χ0v) is 8.67. The van der Waals surface area contributed by atoms with Crippen LogP contribution in [0.2, 0.25) is 5.02 Å². The van der Waals surface area contributed by atoms with E-state index in [0.29, 0.717) is 11.0 Å². The van der Waals surface area contributed by atoms with Crippen LogP contribution in [0.15, 0.2) is 23.4 Å². The first kappa shape index (κ1) is 10.6. The molecule has 0 aliphatic rings. The van der Waals surface area contributed by atoms with E-state index in [1.54, 1.807) is 0 Å². The van der Waals surface area contributed by atoms with E-state index in [9.17, 15) is 13.2 Å². The second-order valence-corrected chi connectivity index (χ2v) is 4.26. The van der Waals surface area contributed by atoms with Gasteiger partial charge in [0.25, 0.3) is 0 Å². The van der Waals surface area contributed by atoms with E-state index in [0.717, 1.165) is 0 Å². The van der Waals surface area contributed by atoms with Gasteiger partial charge in [0.05, 0.1) is 22.4 Å². The van der Waals surface area contributed by atoms with E-state index < -0.39 is 5.51 Å². The van der Waals surface area contributed by atoms with Gasteiger partial charge in [-0.1, -0.05) is 11.6 Å². The predicted octanol–water partition coefficient (Wildman–Crippen LogP) is 3.83. The van der Waals surface area contributed by atoms with E-state index in [1.807, 2.05) is 0 Å². The third-order valence-corrected chi connectivity index (χ3v) is 2.91. The van der Waals surface area contributed by atoms with Crippen molar-refractivity contribution in [1.29, 1.82) is 0 Å². The number of halogens is 4. The van der Waals surface area contributed by atoms with Crippen LogP contribution in [-0.2, 0) is 0 Å². The summed E-state index contributed by atoms with van der Waals surface area (Å²) in [6.07, 6.45) is 1.41. The molecule has 1 N–H and O–H groups in total. The van der Waals surface area contributed by atoms with E-state index in [-0.39, 0.29) is 21.7 Å². The molecule has 0 saturated carbocycles. The topological polar surface area (TPSA) is 28.7 Å². The van der Waals surface area contributed by atoms with Crippen molar-refractivity contribution >= 4 is 34.4 Å². The standard InChI is InChI=1S/C8H4ClF3N2S/c9-4-1-5-6(14-3-13-5)2-7(4)15-8(10,11)12/h1-3H,(H,13,14). The molecule has 1 aromatic heterocycles. The molecule has 7 heteroatoms. The molecule has 0 bridgehead atoms. The Morgan fingerprint density at radius 1 is 1.33 bits per heavy atom. The molecule has 2 aromatic rings. The van der Waals surface area contributed by atoms with Gasteiger partial charge in [0.2, 0.25) is 0 Å². The van der Waals surface area contributed by atoms with E-state index in [4.69, 9.17) is 11.6 Å². The number of imidazole rings is 1. The Labute approximate surface area is 91.8 Å². The summed E-state index contributed by atoms with van der Waals surface area (Å²) < 4.78 is 36.4. The molecule has 0 fully saturated rings. The molecule has 0 spiro atoms. The van der Waals surface area contributed by atoms with Crippen molar-refractivity contribution in [3.8, 4) is 0 Å². The summed E-state index contributed by atoms with van der Waals surface area (Å²) in [4.78, 5) is 6.58. The molecule has 80 valence electrons.